The van der Waals surface area contributed by atoms with E-state index in [1.807, 2.05) is 13.8 Å². The highest BCUT2D eigenvalue weighted by atomic mass is 16.4. The molecular weight excluding hydrogens is 352 g/mol. The number of carbonyl (C=O) groups is 4. The molecule has 0 unspecified atom stereocenters. The van der Waals surface area contributed by atoms with Crippen LogP contribution in [0.2, 0.25) is 0 Å². The molecule has 0 bridgehead atoms. The lowest BCUT2D eigenvalue weighted by Crippen LogP contribution is -2.55. The number of likely N-dealkylation sites (tertiary alicyclic amines) is 1. The molecule has 9 nitrogen and oxygen atoms in total. The molecule has 2 fully saturated rings. The summed E-state index contributed by atoms with van der Waals surface area (Å²) in [5.74, 6) is -2.16. The largest absolute Gasteiger partial charge is 0.480 e. The Morgan fingerprint density at radius 3 is 2.56 bits per heavy atom. The van der Waals surface area contributed by atoms with Crippen molar-refractivity contribution in [1.82, 2.24) is 20.9 Å². The van der Waals surface area contributed by atoms with E-state index >= 15 is 0 Å². The van der Waals surface area contributed by atoms with E-state index in [0.717, 1.165) is 19.4 Å². The monoisotopic (exact) mass is 382 g/mol. The first kappa shape index (κ1) is 21.1. The second kappa shape index (κ2) is 9.68. The van der Waals surface area contributed by atoms with Crippen molar-refractivity contribution in [2.24, 2.45) is 5.92 Å². The number of carboxylic acids is 1. The predicted octanol–water partition coefficient (Wildman–Crippen LogP) is -0.539. The van der Waals surface area contributed by atoms with Gasteiger partial charge in [-0.2, -0.15) is 0 Å². The van der Waals surface area contributed by atoms with Crippen LogP contribution in [-0.4, -0.2) is 71.5 Å². The molecule has 0 aromatic carbocycles. The molecule has 0 aromatic rings. The minimum atomic E-state index is -1.03. The third-order valence-corrected chi connectivity index (χ3v) is 5.44. The number of nitrogens with one attached hydrogen (secondary N) is 3. The van der Waals surface area contributed by atoms with Gasteiger partial charge in [0.15, 0.2) is 0 Å². The molecule has 2 saturated heterocycles. The van der Waals surface area contributed by atoms with E-state index in [0.29, 0.717) is 25.8 Å². The zero-order chi connectivity index (χ0) is 20.0. The van der Waals surface area contributed by atoms with Gasteiger partial charge in [0.1, 0.15) is 12.1 Å². The van der Waals surface area contributed by atoms with Gasteiger partial charge in [-0.15, -0.1) is 0 Å². The molecule has 4 N–H and O–H groups in total. The average molecular weight is 382 g/mol. The molecule has 3 amide bonds. The fraction of sp³-hybridized carbons (Fsp3) is 0.778. The molecule has 0 radical (unpaired) electrons. The van der Waals surface area contributed by atoms with Gasteiger partial charge in [0.2, 0.25) is 17.7 Å². The molecule has 2 heterocycles. The Balaban J connectivity index is 1.91. The summed E-state index contributed by atoms with van der Waals surface area (Å²) in [4.78, 5) is 49.8. The van der Waals surface area contributed by atoms with Gasteiger partial charge in [-0.1, -0.05) is 20.3 Å². The summed E-state index contributed by atoms with van der Waals surface area (Å²) in [5, 5.41) is 17.6. The van der Waals surface area contributed by atoms with E-state index in [9.17, 15) is 24.3 Å². The highest BCUT2D eigenvalue weighted by Gasteiger charge is 2.35. The number of hydrogen-bond donors (Lipinski definition) is 4. The molecule has 27 heavy (non-hydrogen) atoms. The van der Waals surface area contributed by atoms with Crippen LogP contribution in [0.1, 0.15) is 46.0 Å². The molecule has 2 rings (SSSR count). The first-order valence-electron chi connectivity index (χ1n) is 9.68. The van der Waals surface area contributed by atoms with Gasteiger partial charge in [0.05, 0.1) is 12.6 Å². The average Bonchev–Trinajstić information content (AvgIpc) is 3.34. The zero-order valence-corrected chi connectivity index (χ0v) is 16.0. The highest BCUT2D eigenvalue weighted by Crippen LogP contribution is 2.17. The van der Waals surface area contributed by atoms with E-state index in [1.165, 1.54) is 4.90 Å². The van der Waals surface area contributed by atoms with Gasteiger partial charge in [0, 0.05) is 6.54 Å². The van der Waals surface area contributed by atoms with Crippen LogP contribution in [0.15, 0.2) is 0 Å². The number of hydrogen-bond acceptors (Lipinski definition) is 5. The summed E-state index contributed by atoms with van der Waals surface area (Å²) in [5.41, 5.74) is 0. The molecular formula is C18H30N4O5. The Kier molecular flexibility index (Phi) is 7.58. The Morgan fingerprint density at radius 2 is 1.96 bits per heavy atom. The third kappa shape index (κ3) is 5.41. The molecule has 0 aliphatic carbocycles. The van der Waals surface area contributed by atoms with Crippen LogP contribution in [0.4, 0.5) is 0 Å². The number of carbonyl (C=O) groups excluding carboxylic acids is 3. The molecule has 2 aliphatic rings. The van der Waals surface area contributed by atoms with Crippen molar-refractivity contribution < 1.29 is 24.3 Å². The van der Waals surface area contributed by atoms with Crippen molar-refractivity contribution in [3.05, 3.63) is 0 Å². The van der Waals surface area contributed by atoms with Crippen molar-refractivity contribution in [2.75, 3.05) is 19.6 Å². The number of nitrogens with zero attached hydrogens (tertiary/aromatic N) is 1. The molecule has 0 saturated carbocycles. The summed E-state index contributed by atoms with van der Waals surface area (Å²) in [6.45, 7) is 4.69. The summed E-state index contributed by atoms with van der Waals surface area (Å²) < 4.78 is 0. The molecule has 0 spiro atoms. The lowest BCUT2D eigenvalue weighted by Gasteiger charge is -2.26. The lowest BCUT2D eigenvalue weighted by molar-refractivity contribution is -0.148. The van der Waals surface area contributed by atoms with Gasteiger partial charge in [-0.05, 0) is 38.1 Å². The van der Waals surface area contributed by atoms with E-state index in [2.05, 4.69) is 16.0 Å². The van der Waals surface area contributed by atoms with Crippen molar-refractivity contribution in [2.45, 2.75) is 64.1 Å². The van der Waals surface area contributed by atoms with Crippen LogP contribution >= 0.6 is 0 Å². The maximum atomic E-state index is 12.6. The van der Waals surface area contributed by atoms with Gasteiger partial charge in [0.25, 0.3) is 0 Å². The fourth-order valence-electron chi connectivity index (χ4n) is 3.56. The minimum absolute atomic E-state index is 0.0935. The van der Waals surface area contributed by atoms with Crippen molar-refractivity contribution in [1.29, 1.82) is 0 Å². The van der Waals surface area contributed by atoms with Gasteiger partial charge in [-0.3, -0.25) is 14.4 Å². The van der Waals surface area contributed by atoms with E-state index in [1.54, 1.807) is 0 Å². The van der Waals surface area contributed by atoms with Crippen molar-refractivity contribution in [3.8, 4) is 0 Å². The molecule has 0 aromatic heterocycles. The summed E-state index contributed by atoms with van der Waals surface area (Å²) >= 11 is 0. The number of aliphatic carboxylic acids is 1. The zero-order valence-electron chi connectivity index (χ0n) is 16.0. The predicted molar refractivity (Wildman–Crippen MR) is 97.8 cm³/mol. The summed E-state index contributed by atoms with van der Waals surface area (Å²) in [6.07, 6.45) is 3.42. The van der Waals surface area contributed by atoms with Gasteiger partial charge >= 0.3 is 5.97 Å². The Morgan fingerprint density at radius 1 is 1.22 bits per heavy atom. The topological polar surface area (TPSA) is 128 Å². The minimum Gasteiger partial charge on any atom is -0.480 e. The third-order valence-electron chi connectivity index (χ3n) is 5.44. The van der Waals surface area contributed by atoms with E-state index < -0.39 is 29.9 Å². The molecule has 152 valence electrons. The first-order chi connectivity index (χ1) is 12.8. The Labute approximate surface area is 159 Å². The normalized spacial score (nSPS) is 24.3. The second-order valence-corrected chi connectivity index (χ2v) is 7.32. The molecule has 9 heteroatoms. The van der Waals surface area contributed by atoms with Gasteiger partial charge < -0.3 is 26.0 Å². The van der Waals surface area contributed by atoms with E-state index in [-0.39, 0.29) is 24.4 Å². The molecule has 4 atom stereocenters. The van der Waals surface area contributed by atoms with Crippen LogP contribution < -0.4 is 16.0 Å². The number of rotatable bonds is 8. The SMILES string of the molecule is CC[C@H](C)[C@H](NC(=O)[C@@H]1CCCN1)C(=O)NCC(=O)N1CCC[C@H]1C(=O)O. The smallest absolute Gasteiger partial charge is 0.326 e. The Bertz CT molecular complexity index is 576. The van der Waals surface area contributed by atoms with Crippen LogP contribution in [0.3, 0.4) is 0 Å². The molecule has 2 aliphatic heterocycles. The fourth-order valence-corrected chi connectivity index (χ4v) is 3.56. The lowest BCUT2D eigenvalue weighted by atomic mass is 9.97. The highest BCUT2D eigenvalue weighted by molar-refractivity contribution is 5.93. The number of amides is 3. The van der Waals surface area contributed by atoms with Crippen LogP contribution in [0, 0.1) is 5.92 Å². The quantitative estimate of drug-likeness (QED) is 0.446. The Hall–Kier alpha value is -2.16. The second-order valence-electron chi connectivity index (χ2n) is 7.32. The maximum absolute atomic E-state index is 12.6. The van der Waals surface area contributed by atoms with Gasteiger partial charge in [-0.25, -0.2) is 4.79 Å². The first-order valence-corrected chi connectivity index (χ1v) is 9.68. The standard InChI is InChI=1S/C18H30N4O5/c1-3-11(2)15(21-16(24)12-6-4-8-19-12)17(25)20-10-14(23)22-9-5-7-13(22)18(26)27/h11-13,15,19H,3-10H2,1-2H3,(H,20,25)(H,21,24)(H,26,27)/t11-,12-,13-,15-/m0/s1. The van der Waals surface area contributed by atoms with Crippen LogP contribution in [0.5, 0.6) is 0 Å². The summed E-state index contributed by atoms with van der Waals surface area (Å²) in [6, 6.07) is -1.84. The van der Waals surface area contributed by atoms with Crippen molar-refractivity contribution in [3.63, 3.8) is 0 Å². The van der Waals surface area contributed by atoms with Crippen LogP contribution in [0.25, 0.3) is 0 Å². The van der Waals surface area contributed by atoms with E-state index in [4.69, 9.17) is 0 Å². The maximum Gasteiger partial charge on any atom is 0.326 e. The van der Waals surface area contributed by atoms with Crippen molar-refractivity contribution >= 4 is 23.7 Å². The summed E-state index contributed by atoms with van der Waals surface area (Å²) in [7, 11) is 0. The number of carboxylic acid groups (broad SMARTS) is 1. The van der Waals surface area contributed by atoms with Crippen LogP contribution in [-0.2, 0) is 19.2 Å².